The lowest BCUT2D eigenvalue weighted by atomic mass is 10.2. The van der Waals surface area contributed by atoms with Crippen molar-refractivity contribution < 1.29 is 19.1 Å². The van der Waals surface area contributed by atoms with Crippen molar-refractivity contribution in [2.45, 2.75) is 20.8 Å². The molecule has 0 aliphatic heterocycles. The van der Waals surface area contributed by atoms with Gasteiger partial charge in [-0.2, -0.15) is 0 Å². The fraction of sp³-hybridized carbons (Fsp3) is 0.353. The molecule has 0 fully saturated rings. The van der Waals surface area contributed by atoms with Gasteiger partial charge in [-0.05, 0) is 39.0 Å². The van der Waals surface area contributed by atoms with E-state index in [0.717, 1.165) is 11.4 Å². The van der Waals surface area contributed by atoms with Crippen molar-refractivity contribution in [3.05, 3.63) is 35.2 Å². The molecule has 2 N–H and O–H groups in total. The number of nitrogens with one attached hydrogen (secondary N) is 2. The van der Waals surface area contributed by atoms with Crippen LogP contribution >= 0.6 is 0 Å². The van der Waals surface area contributed by atoms with Gasteiger partial charge in [0.2, 0.25) is 5.91 Å². The van der Waals surface area contributed by atoms with E-state index < -0.39 is 18.5 Å². The number of carbonyl (C=O) groups is 3. The smallest absolute Gasteiger partial charge is 0.338 e. The van der Waals surface area contributed by atoms with E-state index >= 15 is 0 Å². The molecule has 0 unspecified atom stereocenters. The van der Waals surface area contributed by atoms with Gasteiger partial charge in [-0.1, -0.05) is 0 Å². The molecule has 2 aromatic rings. The highest BCUT2D eigenvalue weighted by Crippen LogP contribution is 2.15. The van der Waals surface area contributed by atoms with Crippen LogP contribution in [-0.2, 0) is 14.3 Å². The number of rotatable bonds is 6. The highest BCUT2D eigenvalue weighted by atomic mass is 16.5. The molecule has 0 spiro atoms. The van der Waals surface area contributed by atoms with Gasteiger partial charge >= 0.3 is 5.97 Å². The minimum Gasteiger partial charge on any atom is -0.452 e. The number of esters is 1. The number of hydrogen-bond acceptors (Lipinski definition) is 6. The summed E-state index contributed by atoms with van der Waals surface area (Å²) in [6.45, 7) is 5.34. The van der Waals surface area contributed by atoms with Crippen molar-refractivity contribution in [1.82, 2.24) is 20.6 Å². The average molecular weight is 344 g/mol. The van der Waals surface area contributed by atoms with Crippen molar-refractivity contribution >= 4 is 28.8 Å². The van der Waals surface area contributed by atoms with E-state index in [-0.39, 0.29) is 18.0 Å². The number of amides is 2. The van der Waals surface area contributed by atoms with Crippen LogP contribution in [-0.4, -0.2) is 47.4 Å². The van der Waals surface area contributed by atoms with E-state index in [4.69, 9.17) is 4.74 Å². The number of benzene rings is 1. The Morgan fingerprint density at radius 3 is 2.36 bits per heavy atom. The summed E-state index contributed by atoms with van der Waals surface area (Å²) >= 11 is 0. The average Bonchev–Trinajstić information content (AvgIpc) is 2.58. The van der Waals surface area contributed by atoms with E-state index in [1.54, 1.807) is 25.1 Å². The summed E-state index contributed by atoms with van der Waals surface area (Å²) in [4.78, 5) is 43.7. The molecule has 132 valence electrons. The third-order valence-electron chi connectivity index (χ3n) is 3.47. The van der Waals surface area contributed by atoms with Gasteiger partial charge in [-0.25, -0.2) is 14.8 Å². The standard InChI is InChI=1S/C17H20N4O4/c1-4-18-15(22)8-19-16(23)9-25-17(24)12-5-6-13-14(7-12)21-11(3)10(2)20-13/h5-7H,4,8-9H2,1-3H3,(H,18,22)(H,19,23). The van der Waals surface area contributed by atoms with Crippen LogP contribution in [0.25, 0.3) is 11.0 Å². The fourth-order valence-electron chi connectivity index (χ4n) is 2.06. The van der Waals surface area contributed by atoms with E-state index in [1.807, 2.05) is 13.8 Å². The van der Waals surface area contributed by atoms with Gasteiger partial charge < -0.3 is 15.4 Å². The second kappa shape index (κ2) is 8.18. The monoisotopic (exact) mass is 344 g/mol. The number of aromatic nitrogens is 2. The Kier molecular flexibility index (Phi) is 5.99. The molecule has 0 aliphatic carbocycles. The number of nitrogens with zero attached hydrogens (tertiary/aromatic N) is 2. The minimum absolute atomic E-state index is 0.158. The molecule has 1 aromatic heterocycles. The first-order valence-electron chi connectivity index (χ1n) is 7.86. The molecule has 2 amide bonds. The maximum absolute atomic E-state index is 12.1. The van der Waals surface area contributed by atoms with Crippen LogP contribution in [0.15, 0.2) is 18.2 Å². The van der Waals surface area contributed by atoms with Gasteiger partial charge in [0.1, 0.15) is 0 Å². The van der Waals surface area contributed by atoms with Gasteiger partial charge in [0.15, 0.2) is 6.61 Å². The van der Waals surface area contributed by atoms with E-state index in [2.05, 4.69) is 20.6 Å². The third-order valence-corrected chi connectivity index (χ3v) is 3.47. The number of aryl methyl sites for hydroxylation is 2. The normalized spacial score (nSPS) is 10.4. The second-order valence-corrected chi connectivity index (χ2v) is 5.40. The summed E-state index contributed by atoms with van der Waals surface area (Å²) in [5.74, 6) is -1.50. The molecular weight excluding hydrogens is 324 g/mol. The van der Waals surface area contributed by atoms with Crippen molar-refractivity contribution in [3.8, 4) is 0 Å². The molecular formula is C17H20N4O4. The van der Waals surface area contributed by atoms with Crippen LogP contribution in [0, 0.1) is 13.8 Å². The van der Waals surface area contributed by atoms with Gasteiger partial charge in [0.05, 0.1) is 34.5 Å². The summed E-state index contributed by atoms with van der Waals surface area (Å²) in [6, 6.07) is 4.82. The molecule has 8 heteroatoms. The van der Waals surface area contributed by atoms with Crippen LogP contribution in [0.4, 0.5) is 0 Å². The lowest BCUT2D eigenvalue weighted by molar-refractivity contribution is -0.127. The molecule has 25 heavy (non-hydrogen) atoms. The Hall–Kier alpha value is -3.03. The Morgan fingerprint density at radius 1 is 1.00 bits per heavy atom. The van der Waals surface area contributed by atoms with Crippen molar-refractivity contribution in [2.24, 2.45) is 0 Å². The highest BCUT2D eigenvalue weighted by molar-refractivity contribution is 5.95. The van der Waals surface area contributed by atoms with Gasteiger partial charge in [-0.3, -0.25) is 9.59 Å². The van der Waals surface area contributed by atoms with Crippen LogP contribution < -0.4 is 10.6 Å². The second-order valence-electron chi connectivity index (χ2n) is 5.40. The summed E-state index contributed by atoms with van der Waals surface area (Å²) in [7, 11) is 0. The predicted molar refractivity (Wildman–Crippen MR) is 91.0 cm³/mol. The van der Waals surface area contributed by atoms with Crippen LogP contribution in [0.3, 0.4) is 0 Å². The quantitative estimate of drug-likeness (QED) is 0.745. The number of carbonyl (C=O) groups excluding carboxylic acids is 3. The molecule has 0 bridgehead atoms. The zero-order valence-corrected chi connectivity index (χ0v) is 14.4. The zero-order valence-electron chi connectivity index (χ0n) is 14.4. The van der Waals surface area contributed by atoms with E-state index in [0.29, 0.717) is 17.6 Å². The number of fused-ring (bicyclic) bond motifs is 1. The van der Waals surface area contributed by atoms with Crippen molar-refractivity contribution in [1.29, 1.82) is 0 Å². The number of ether oxygens (including phenoxy) is 1. The first-order valence-corrected chi connectivity index (χ1v) is 7.86. The van der Waals surface area contributed by atoms with E-state index in [9.17, 15) is 14.4 Å². The molecule has 1 aromatic carbocycles. The minimum atomic E-state index is -0.643. The molecule has 1 heterocycles. The predicted octanol–water partition coefficient (Wildman–Crippen LogP) is 0.656. The van der Waals surface area contributed by atoms with Crippen LogP contribution in [0.2, 0.25) is 0 Å². The highest BCUT2D eigenvalue weighted by Gasteiger charge is 2.12. The SMILES string of the molecule is CCNC(=O)CNC(=O)COC(=O)c1ccc2nc(C)c(C)nc2c1. The first-order chi connectivity index (χ1) is 11.9. The Balaban J connectivity index is 1.94. The fourth-order valence-corrected chi connectivity index (χ4v) is 2.06. The van der Waals surface area contributed by atoms with Crippen molar-refractivity contribution in [3.63, 3.8) is 0 Å². The molecule has 0 saturated carbocycles. The van der Waals surface area contributed by atoms with E-state index in [1.165, 1.54) is 0 Å². The van der Waals surface area contributed by atoms with Gasteiger partial charge in [0, 0.05) is 6.54 Å². The molecule has 0 radical (unpaired) electrons. The molecule has 0 aliphatic rings. The largest absolute Gasteiger partial charge is 0.452 e. The van der Waals surface area contributed by atoms with Gasteiger partial charge in [-0.15, -0.1) is 0 Å². The first kappa shape index (κ1) is 18.3. The summed E-state index contributed by atoms with van der Waals surface area (Å²) < 4.78 is 4.95. The maximum Gasteiger partial charge on any atom is 0.338 e. The Labute approximate surface area is 145 Å². The van der Waals surface area contributed by atoms with Gasteiger partial charge in [0.25, 0.3) is 5.91 Å². The maximum atomic E-state index is 12.1. The summed E-state index contributed by atoms with van der Waals surface area (Å²) in [6.07, 6.45) is 0. The van der Waals surface area contributed by atoms with Crippen molar-refractivity contribution in [2.75, 3.05) is 19.7 Å². The molecule has 8 nitrogen and oxygen atoms in total. The molecule has 2 rings (SSSR count). The Bertz CT molecular complexity index is 820. The summed E-state index contributed by atoms with van der Waals surface area (Å²) in [5.41, 5.74) is 3.15. The topological polar surface area (TPSA) is 110 Å². The number of hydrogen-bond donors (Lipinski definition) is 2. The third kappa shape index (κ3) is 4.97. The Morgan fingerprint density at radius 2 is 1.68 bits per heavy atom. The molecule has 0 saturated heterocycles. The molecule has 0 atom stereocenters. The number of likely N-dealkylation sites (N-methyl/N-ethyl adjacent to an activating group) is 1. The summed E-state index contributed by atoms with van der Waals surface area (Å²) in [5, 5.41) is 4.91. The zero-order chi connectivity index (χ0) is 18.4. The lowest BCUT2D eigenvalue weighted by Crippen LogP contribution is -2.38. The van der Waals surface area contributed by atoms with Crippen LogP contribution in [0.5, 0.6) is 0 Å². The van der Waals surface area contributed by atoms with Crippen LogP contribution in [0.1, 0.15) is 28.7 Å². The lowest BCUT2D eigenvalue weighted by Gasteiger charge is -2.07.